The number of carboxylic acids is 2. The molecule has 0 unspecified atom stereocenters. The second-order valence-electron chi connectivity index (χ2n) is 3.39. The molecule has 0 radical (unpaired) electrons. The molecule has 6 N–H and O–H groups in total. The molecule has 8 heteroatoms. The summed E-state index contributed by atoms with van der Waals surface area (Å²) in [5.74, 6) is -2.18. The van der Waals surface area contributed by atoms with Crippen molar-refractivity contribution in [2.24, 2.45) is 11.5 Å². The zero-order valence-corrected chi connectivity index (χ0v) is 9.33. The smallest absolute Gasteiger partial charge is 0.326 e. The van der Waals surface area contributed by atoms with E-state index >= 15 is 0 Å². The summed E-state index contributed by atoms with van der Waals surface area (Å²) < 4.78 is 0. The van der Waals surface area contributed by atoms with Crippen molar-refractivity contribution in [1.29, 1.82) is 0 Å². The van der Waals surface area contributed by atoms with Gasteiger partial charge in [0, 0.05) is 6.54 Å². The van der Waals surface area contributed by atoms with Gasteiger partial charge in [0.25, 0.3) is 0 Å². The highest BCUT2D eigenvalue weighted by atomic mass is 16.4. The van der Waals surface area contributed by atoms with Crippen molar-refractivity contribution in [3.63, 3.8) is 0 Å². The van der Waals surface area contributed by atoms with Gasteiger partial charge in [-0.05, 0) is 12.8 Å². The Bertz CT molecular complexity index is 294. The molecule has 0 aromatic carbocycles. The number of nitrogens with zero attached hydrogens (tertiary/aromatic N) is 1. The lowest BCUT2D eigenvalue weighted by Crippen LogP contribution is -2.43. The number of likely N-dealkylation sites (tertiary alicyclic amines) is 1. The zero-order valence-electron chi connectivity index (χ0n) is 9.33. The fraction of sp³-hybridized carbons (Fsp3) is 0.667. The molecule has 98 valence electrons. The minimum absolute atomic E-state index is 0.107. The molecule has 1 saturated heterocycles. The monoisotopic (exact) mass is 247 g/mol. The third-order valence-corrected chi connectivity index (χ3v) is 2.21. The van der Waals surface area contributed by atoms with E-state index in [0.717, 1.165) is 6.42 Å². The van der Waals surface area contributed by atoms with Gasteiger partial charge in [-0.15, -0.1) is 0 Å². The summed E-state index contributed by atoms with van der Waals surface area (Å²) in [5, 5.41) is 16.3. The van der Waals surface area contributed by atoms with Gasteiger partial charge in [0.15, 0.2) is 0 Å². The third-order valence-electron chi connectivity index (χ3n) is 2.21. The molecule has 0 saturated carbocycles. The lowest BCUT2D eigenvalue weighted by atomic mass is 10.2. The van der Waals surface area contributed by atoms with Crippen LogP contribution in [0.25, 0.3) is 0 Å². The van der Waals surface area contributed by atoms with Gasteiger partial charge < -0.3 is 26.6 Å². The average molecular weight is 247 g/mol. The number of carbonyl (C=O) groups is 3. The SMILES string of the molecule is NCC(=O)N1CCC[C@H]1C(=O)O.NCC(=O)O. The van der Waals surface area contributed by atoms with Gasteiger partial charge in [0.05, 0.1) is 13.1 Å². The highest BCUT2D eigenvalue weighted by Gasteiger charge is 2.32. The van der Waals surface area contributed by atoms with Crippen LogP contribution in [0.2, 0.25) is 0 Å². The highest BCUT2D eigenvalue weighted by molar-refractivity contribution is 5.85. The molecule has 0 aromatic heterocycles. The first-order valence-corrected chi connectivity index (χ1v) is 5.08. The molecule has 0 spiro atoms. The van der Waals surface area contributed by atoms with Crippen LogP contribution in [-0.4, -0.2) is 58.6 Å². The summed E-state index contributed by atoms with van der Waals surface area (Å²) in [5.41, 5.74) is 9.70. The van der Waals surface area contributed by atoms with E-state index in [9.17, 15) is 14.4 Å². The van der Waals surface area contributed by atoms with Gasteiger partial charge in [0.1, 0.15) is 6.04 Å². The van der Waals surface area contributed by atoms with E-state index in [1.54, 1.807) is 0 Å². The maximum atomic E-state index is 11.1. The van der Waals surface area contributed by atoms with Gasteiger partial charge in [-0.3, -0.25) is 9.59 Å². The topological polar surface area (TPSA) is 147 Å². The van der Waals surface area contributed by atoms with Gasteiger partial charge in [-0.1, -0.05) is 0 Å². The predicted octanol–water partition coefficient (Wildman–Crippen LogP) is -1.95. The van der Waals surface area contributed by atoms with Crippen LogP contribution >= 0.6 is 0 Å². The lowest BCUT2D eigenvalue weighted by molar-refractivity contribution is -0.147. The molecular formula is C9H17N3O5. The minimum atomic E-state index is -0.968. The molecule has 0 bridgehead atoms. The molecule has 1 atom stereocenters. The largest absolute Gasteiger partial charge is 0.480 e. The summed E-state index contributed by atoms with van der Waals surface area (Å²) >= 11 is 0. The van der Waals surface area contributed by atoms with Gasteiger partial charge in [0.2, 0.25) is 5.91 Å². The van der Waals surface area contributed by atoms with Crippen molar-refractivity contribution in [3.8, 4) is 0 Å². The molecule has 1 aliphatic heterocycles. The molecule has 17 heavy (non-hydrogen) atoms. The van der Waals surface area contributed by atoms with E-state index in [4.69, 9.17) is 15.9 Å². The Hall–Kier alpha value is -1.67. The van der Waals surface area contributed by atoms with Crippen LogP contribution in [0.3, 0.4) is 0 Å². The number of carbonyl (C=O) groups excluding carboxylic acids is 1. The Morgan fingerprint density at radius 3 is 2.06 bits per heavy atom. The van der Waals surface area contributed by atoms with E-state index in [2.05, 4.69) is 5.73 Å². The number of amides is 1. The Kier molecular flexibility index (Phi) is 6.83. The van der Waals surface area contributed by atoms with E-state index < -0.39 is 18.0 Å². The number of rotatable bonds is 3. The Morgan fingerprint density at radius 1 is 1.18 bits per heavy atom. The summed E-state index contributed by atoms with van der Waals surface area (Å²) in [7, 11) is 0. The van der Waals surface area contributed by atoms with E-state index in [1.165, 1.54) is 4.90 Å². The Morgan fingerprint density at radius 2 is 1.71 bits per heavy atom. The molecule has 1 heterocycles. The van der Waals surface area contributed by atoms with E-state index in [1.807, 2.05) is 0 Å². The molecule has 1 amide bonds. The van der Waals surface area contributed by atoms with Gasteiger partial charge in [-0.2, -0.15) is 0 Å². The van der Waals surface area contributed by atoms with Crippen molar-refractivity contribution in [1.82, 2.24) is 4.90 Å². The van der Waals surface area contributed by atoms with Crippen molar-refractivity contribution < 1.29 is 24.6 Å². The molecular weight excluding hydrogens is 230 g/mol. The second-order valence-corrected chi connectivity index (χ2v) is 3.39. The Labute approximate surface area is 98.2 Å². The molecule has 1 aliphatic rings. The van der Waals surface area contributed by atoms with Crippen LogP contribution in [0.4, 0.5) is 0 Å². The van der Waals surface area contributed by atoms with Crippen LogP contribution < -0.4 is 11.5 Å². The van der Waals surface area contributed by atoms with E-state index in [-0.39, 0.29) is 19.0 Å². The Balaban J connectivity index is 0.000000437. The highest BCUT2D eigenvalue weighted by Crippen LogP contribution is 2.16. The molecule has 0 aromatic rings. The first-order valence-electron chi connectivity index (χ1n) is 5.08. The number of aliphatic carboxylic acids is 2. The lowest BCUT2D eigenvalue weighted by Gasteiger charge is -2.20. The van der Waals surface area contributed by atoms with Crippen molar-refractivity contribution in [3.05, 3.63) is 0 Å². The number of hydrogen-bond acceptors (Lipinski definition) is 5. The minimum Gasteiger partial charge on any atom is -0.480 e. The van der Waals surface area contributed by atoms with Crippen LogP contribution in [0, 0.1) is 0 Å². The number of nitrogens with two attached hydrogens (primary N) is 2. The summed E-state index contributed by atoms with van der Waals surface area (Å²) in [6.07, 6.45) is 1.30. The quantitative estimate of drug-likeness (QED) is 0.453. The second kappa shape index (κ2) is 7.58. The fourth-order valence-electron chi connectivity index (χ4n) is 1.44. The number of hydrogen-bond donors (Lipinski definition) is 4. The van der Waals surface area contributed by atoms with Crippen molar-refractivity contribution in [2.45, 2.75) is 18.9 Å². The van der Waals surface area contributed by atoms with E-state index in [0.29, 0.717) is 13.0 Å². The maximum absolute atomic E-state index is 11.1. The molecule has 1 fully saturated rings. The standard InChI is InChI=1S/C7H12N2O3.C2H5NO2/c8-4-6(10)9-3-1-2-5(9)7(11)12;3-1-2(4)5/h5H,1-4,8H2,(H,11,12);1,3H2,(H,4,5)/t5-;/m0./s1. The van der Waals surface area contributed by atoms with Crippen LogP contribution in [0.15, 0.2) is 0 Å². The van der Waals surface area contributed by atoms with Crippen LogP contribution in [-0.2, 0) is 14.4 Å². The first-order chi connectivity index (χ1) is 7.93. The normalized spacial score (nSPS) is 18.2. The first kappa shape index (κ1) is 15.3. The van der Waals surface area contributed by atoms with Gasteiger partial charge in [-0.25, -0.2) is 4.79 Å². The zero-order chi connectivity index (χ0) is 13.4. The molecule has 1 rings (SSSR count). The summed E-state index contributed by atoms with van der Waals surface area (Å²) in [4.78, 5) is 32.2. The summed E-state index contributed by atoms with van der Waals surface area (Å²) in [6.45, 7) is 0.136. The molecule has 8 nitrogen and oxygen atoms in total. The van der Waals surface area contributed by atoms with Crippen LogP contribution in [0.5, 0.6) is 0 Å². The average Bonchev–Trinajstić information content (AvgIpc) is 2.77. The summed E-state index contributed by atoms with van der Waals surface area (Å²) in [6, 6.07) is -0.652. The van der Waals surface area contributed by atoms with Gasteiger partial charge >= 0.3 is 11.9 Å². The fourth-order valence-corrected chi connectivity index (χ4v) is 1.44. The molecule has 0 aliphatic carbocycles. The van der Waals surface area contributed by atoms with Crippen molar-refractivity contribution in [2.75, 3.05) is 19.6 Å². The van der Waals surface area contributed by atoms with Crippen LogP contribution in [0.1, 0.15) is 12.8 Å². The predicted molar refractivity (Wildman–Crippen MR) is 58.1 cm³/mol. The number of carboxylic acid groups (broad SMARTS) is 2. The maximum Gasteiger partial charge on any atom is 0.326 e. The van der Waals surface area contributed by atoms with Crippen molar-refractivity contribution >= 4 is 17.8 Å². The third kappa shape index (κ3) is 5.27.